The van der Waals surface area contributed by atoms with Crippen molar-refractivity contribution in [3.05, 3.63) is 82.0 Å². The van der Waals surface area contributed by atoms with Crippen LogP contribution in [0.2, 0.25) is 0 Å². The summed E-state index contributed by atoms with van der Waals surface area (Å²) in [5.74, 6) is -2.06. The van der Waals surface area contributed by atoms with Crippen molar-refractivity contribution in [1.82, 2.24) is 0 Å². The zero-order valence-corrected chi connectivity index (χ0v) is 18.4. The number of methoxy groups -OCH3 is 2. The van der Waals surface area contributed by atoms with Gasteiger partial charge in [0.2, 0.25) is 0 Å². The van der Waals surface area contributed by atoms with E-state index in [4.69, 9.17) is 13.9 Å². The van der Waals surface area contributed by atoms with Crippen molar-refractivity contribution in [2.75, 3.05) is 14.2 Å². The molecule has 1 aromatic heterocycles. The number of aromatic hydroxyl groups is 3. The Morgan fingerprint density at radius 2 is 1.68 bits per heavy atom. The Hall–Kier alpha value is -4.46. The Morgan fingerprint density at radius 3 is 2.32 bits per heavy atom. The molecule has 0 aliphatic heterocycles. The molecule has 3 N–H and O–H groups in total. The maximum atomic E-state index is 13.0. The van der Waals surface area contributed by atoms with E-state index in [0.29, 0.717) is 11.1 Å². The fraction of sp³-hybridized carbons (Fsp3) is 0.154. The summed E-state index contributed by atoms with van der Waals surface area (Å²) in [5, 5.41) is 31.5. The molecule has 0 amide bonds. The number of hydrogen-bond acceptors (Lipinski definition) is 8. The average Bonchev–Trinajstić information content (AvgIpc) is 2.83. The number of carbonyl (C=O) groups excluding carboxylic acids is 1. The van der Waals surface area contributed by atoms with Crippen molar-refractivity contribution in [1.29, 1.82) is 0 Å². The minimum Gasteiger partial charge on any atom is -0.507 e. The molecule has 174 valence electrons. The van der Waals surface area contributed by atoms with E-state index < -0.39 is 23.1 Å². The predicted molar refractivity (Wildman–Crippen MR) is 124 cm³/mol. The van der Waals surface area contributed by atoms with E-state index in [-0.39, 0.29) is 46.0 Å². The van der Waals surface area contributed by atoms with Crippen molar-refractivity contribution in [2.24, 2.45) is 0 Å². The van der Waals surface area contributed by atoms with Crippen LogP contribution in [0.3, 0.4) is 0 Å². The first-order chi connectivity index (χ1) is 16.3. The van der Waals surface area contributed by atoms with Crippen LogP contribution in [0.5, 0.6) is 23.0 Å². The molecule has 4 rings (SSSR count). The van der Waals surface area contributed by atoms with E-state index >= 15 is 0 Å². The highest BCUT2D eigenvalue weighted by molar-refractivity contribution is 5.90. The fourth-order valence-corrected chi connectivity index (χ4v) is 3.96. The van der Waals surface area contributed by atoms with E-state index in [1.165, 1.54) is 32.4 Å². The second-order valence-corrected chi connectivity index (χ2v) is 7.64. The first-order valence-electron chi connectivity index (χ1n) is 10.4. The fourth-order valence-electron chi connectivity index (χ4n) is 3.96. The second kappa shape index (κ2) is 9.19. The quantitative estimate of drug-likeness (QED) is 0.363. The van der Waals surface area contributed by atoms with Crippen LogP contribution in [-0.2, 0) is 9.53 Å². The van der Waals surface area contributed by atoms with Crippen molar-refractivity contribution in [2.45, 2.75) is 12.3 Å². The third-order valence-electron chi connectivity index (χ3n) is 5.61. The number of fused-ring (bicyclic) bond motifs is 1. The SMILES string of the molecule is COC(=O)CC(c1ccc(OC)c(O)c1)c1c(O)cc(O)c2c(=O)cc(-c3ccccc3)oc12. The molecule has 4 aromatic rings. The Morgan fingerprint density at radius 1 is 0.941 bits per heavy atom. The monoisotopic (exact) mass is 462 g/mol. The number of benzene rings is 3. The van der Waals surface area contributed by atoms with Crippen molar-refractivity contribution >= 4 is 16.9 Å². The first-order valence-corrected chi connectivity index (χ1v) is 10.4. The number of ether oxygens (including phenoxy) is 2. The van der Waals surface area contributed by atoms with E-state index in [0.717, 1.165) is 6.07 Å². The molecule has 34 heavy (non-hydrogen) atoms. The highest BCUT2D eigenvalue weighted by Gasteiger charge is 2.29. The van der Waals surface area contributed by atoms with Gasteiger partial charge in [0.05, 0.1) is 20.6 Å². The molecule has 1 heterocycles. The van der Waals surface area contributed by atoms with Crippen LogP contribution in [-0.4, -0.2) is 35.5 Å². The lowest BCUT2D eigenvalue weighted by Gasteiger charge is -2.21. The van der Waals surface area contributed by atoms with Gasteiger partial charge in [0.15, 0.2) is 16.9 Å². The maximum absolute atomic E-state index is 13.0. The summed E-state index contributed by atoms with van der Waals surface area (Å²) in [6.07, 6.45) is -0.241. The van der Waals surface area contributed by atoms with E-state index in [1.807, 2.05) is 6.07 Å². The number of carbonyl (C=O) groups is 1. The van der Waals surface area contributed by atoms with Gasteiger partial charge in [0.1, 0.15) is 28.2 Å². The molecule has 0 bridgehead atoms. The van der Waals surface area contributed by atoms with E-state index in [9.17, 15) is 24.9 Å². The highest BCUT2D eigenvalue weighted by atomic mass is 16.5. The molecule has 0 fully saturated rings. The normalized spacial score (nSPS) is 11.8. The van der Waals surface area contributed by atoms with Gasteiger partial charge in [-0.2, -0.15) is 0 Å². The van der Waals surface area contributed by atoms with Gasteiger partial charge in [-0.05, 0) is 17.7 Å². The van der Waals surface area contributed by atoms with Crippen LogP contribution in [0, 0.1) is 0 Å². The molecular weight excluding hydrogens is 440 g/mol. The zero-order chi connectivity index (χ0) is 24.4. The van der Waals surface area contributed by atoms with E-state index in [1.54, 1.807) is 30.3 Å². The molecule has 0 aliphatic rings. The largest absolute Gasteiger partial charge is 0.507 e. The molecule has 3 aromatic carbocycles. The molecule has 0 spiro atoms. The van der Waals surface area contributed by atoms with Gasteiger partial charge in [-0.25, -0.2) is 0 Å². The van der Waals surface area contributed by atoms with Crippen molar-refractivity contribution in [3.63, 3.8) is 0 Å². The van der Waals surface area contributed by atoms with Gasteiger partial charge in [0, 0.05) is 29.2 Å². The minimum absolute atomic E-state index is 0.0759. The lowest BCUT2D eigenvalue weighted by molar-refractivity contribution is -0.140. The molecule has 1 unspecified atom stereocenters. The summed E-state index contributed by atoms with van der Waals surface area (Å²) in [7, 11) is 2.63. The van der Waals surface area contributed by atoms with Crippen LogP contribution in [0.25, 0.3) is 22.3 Å². The molecule has 0 saturated heterocycles. The lowest BCUT2D eigenvalue weighted by Crippen LogP contribution is -2.12. The van der Waals surface area contributed by atoms with Gasteiger partial charge < -0.3 is 29.2 Å². The Labute approximate surface area is 194 Å². The summed E-state index contributed by atoms with van der Waals surface area (Å²) in [4.78, 5) is 25.3. The number of rotatable bonds is 6. The Kier molecular flexibility index (Phi) is 6.14. The van der Waals surface area contributed by atoms with Crippen LogP contribution >= 0.6 is 0 Å². The van der Waals surface area contributed by atoms with Crippen LogP contribution in [0.4, 0.5) is 0 Å². The molecular formula is C26H22O8. The highest BCUT2D eigenvalue weighted by Crippen LogP contribution is 2.44. The Balaban J connectivity index is 2.03. The summed E-state index contributed by atoms with van der Waals surface area (Å²) >= 11 is 0. The summed E-state index contributed by atoms with van der Waals surface area (Å²) in [5.41, 5.74) is 0.541. The second-order valence-electron chi connectivity index (χ2n) is 7.64. The van der Waals surface area contributed by atoms with Gasteiger partial charge in [-0.3, -0.25) is 9.59 Å². The van der Waals surface area contributed by atoms with Gasteiger partial charge >= 0.3 is 5.97 Å². The third-order valence-corrected chi connectivity index (χ3v) is 5.61. The molecule has 0 radical (unpaired) electrons. The molecule has 0 saturated carbocycles. The van der Waals surface area contributed by atoms with Crippen LogP contribution in [0.1, 0.15) is 23.5 Å². The lowest BCUT2D eigenvalue weighted by atomic mass is 9.86. The van der Waals surface area contributed by atoms with Gasteiger partial charge in [-0.15, -0.1) is 0 Å². The number of phenolic OH excluding ortho intramolecular Hbond substituents is 3. The maximum Gasteiger partial charge on any atom is 0.306 e. The number of esters is 1. The zero-order valence-electron chi connectivity index (χ0n) is 18.4. The average molecular weight is 462 g/mol. The summed E-state index contributed by atoms with van der Waals surface area (Å²) in [6.45, 7) is 0. The first kappa shape index (κ1) is 22.7. The standard InChI is InChI=1S/C26H22O8/c1-32-21-9-8-15(10-17(21)27)16(11-23(31)33-2)24-18(28)12-19(29)25-20(30)13-22(34-26(24)25)14-6-4-3-5-7-14/h3-10,12-13,16,27-29H,11H2,1-2H3. The van der Waals surface area contributed by atoms with Gasteiger partial charge in [-0.1, -0.05) is 36.4 Å². The van der Waals surface area contributed by atoms with Crippen LogP contribution < -0.4 is 10.2 Å². The predicted octanol–water partition coefficient (Wildman–Crippen LogP) is 4.28. The topological polar surface area (TPSA) is 126 Å². The third kappa shape index (κ3) is 4.13. The molecule has 0 aliphatic carbocycles. The van der Waals surface area contributed by atoms with E-state index in [2.05, 4.69) is 0 Å². The smallest absolute Gasteiger partial charge is 0.306 e. The summed E-state index contributed by atoms with van der Waals surface area (Å²) in [6, 6.07) is 15.7. The van der Waals surface area contributed by atoms with Crippen molar-refractivity contribution in [3.8, 4) is 34.3 Å². The Bertz CT molecular complexity index is 1420. The summed E-state index contributed by atoms with van der Waals surface area (Å²) < 4.78 is 16.0. The minimum atomic E-state index is -0.887. The van der Waals surface area contributed by atoms with Crippen LogP contribution in [0.15, 0.2) is 69.9 Å². The molecule has 8 heteroatoms. The molecule has 8 nitrogen and oxygen atoms in total. The number of phenols is 3. The molecule has 1 atom stereocenters. The number of hydrogen-bond donors (Lipinski definition) is 3. The van der Waals surface area contributed by atoms with Crippen molar-refractivity contribution < 1.29 is 34.0 Å². The van der Waals surface area contributed by atoms with Gasteiger partial charge in [0.25, 0.3) is 0 Å².